The summed E-state index contributed by atoms with van der Waals surface area (Å²) in [4.78, 5) is 12.6. The van der Waals surface area contributed by atoms with Crippen LogP contribution >= 0.6 is 34.8 Å². The summed E-state index contributed by atoms with van der Waals surface area (Å²) in [5, 5.41) is 3.46. The fraction of sp³-hybridized carbons (Fsp3) is 0.188. The second-order valence-corrected chi connectivity index (χ2v) is 8.76. The molecule has 2 aromatic rings. The highest BCUT2D eigenvalue weighted by molar-refractivity contribution is 7.92. The summed E-state index contributed by atoms with van der Waals surface area (Å²) in [6.07, 6.45) is -0.0474. The van der Waals surface area contributed by atoms with Crippen LogP contribution in [0.5, 0.6) is 5.75 Å². The van der Waals surface area contributed by atoms with Crippen molar-refractivity contribution in [3.05, 3.63) is 51.5 Å². The van der Waals surface area contributed by atoms with Crippen LogP contribution in [-0.4, -0.2) is 33.2 Å². The Balaban J connectivity index is 1.92. The van der Waals surface area contributed by atoms with Crippen molar-refractivity contribution in [2.45, 2.75) is 6.10 Å². The number of ether oxygens (including phenoxy) is 1. The number of nitrogens with zero attached hydrogens (tertiary/aromatic N) is 1. The number of hydrogen-bond donors (Lipinski definition) is 1. The van der Waals surface area contributed by atoms with Crippen LogP contribution < -0.4 is 14.4 Å². The van der Waals surface area contributed by atoms with Crippen LogP contribution in [0.25, 0.3) is 0 Å². The number of rotatable bonds is 3. The van der Waals surface area contributed by atoms with Crippen LogP contribution in [0.3, 0.4) is 0 Å². The maximum atomic E-state index is 12.6. The van der Waals surface area contributed by atoms with Crippen LogP contribution in [0, 0.1) is 0 Å². The largest absolute Gasteiger partial charge is 0.476 e. The van der Waals surface area contributed by atoms with Gasteiger partial charge in [-0.1, -0.05) is 40.9 Å². The molecule has 1 N–H and O–H groups in total. The maximum absolute atomic E-state index is 12.6. The minimum Gasteiger partial charge on any atom is -0.476 e. The van der Waals surface area contributed by atoms with Gasteiger partial charge in [-0.3, -0.25) is 9.10 Å². The quantitative estimate of drug-likeness (QED) is 0.795. The van der Waals surface area contributed by atoms with Crippen molar-refractivity contribution in [3.63, 3.8) is 0 Å². The zero-order chi connectivity index (χ0) is 19.1. The van der Waals surface area contributed by atoms with E-state index in [1.807, 2.05) is 0 Å². The molecule has 1 unspecified atom stereocenters. The Morgan fingerprint density at radius 2 is 1.85 bits per heavy atom. The van der Waals surface area contributed by atoms with Crippen LogP contribution in [0.4, 0.5) is 11.4 Å². The molecule has 1 aliphatic rings. The number of carbonyl (C=O) groups is 1. The number of sulfonamides is 1. The van der Waals surface area contributed by atoms with Gasteiger partial charge < -0.3 is 10.1 Å². The summed E-state index contributed by atoms with van der Waals surface area (Å²) in [6.45, 7) is -0.208. The van der Waals surface area contributed by atoms with E-state index in [4.69, 9.17) is 39.5 Å². The predicted octanol–water partition coefficient (Wildman–Crippen LogP) is 3.81. The van der Waals surface area contributed by atoms with E-state index in [2.05, 4.69) is 5.32 Å². The van der Waals surface area contributed by atoms with E-state index in [-0.39, 0.29) is 33.7 Å². The number of nitrogens with one attached hydrogen (secondary N) is 1. The minimum absolute atomic E-state index is 0.208. The molecular formula is C16H13Cl3N2O4S. The Kier molecular flexibility index (Phi) is 5.25. The highest BCUT2D eigenvalue weighted by Crippen LogP contribution is 2.37. The van der Waals surface area contributed by atoms with Crippen LogP contribution in [0.15, 0.2) is 36.4 Å². The molecule has 6 nitrogen and oxygen atoms in total. The number of anilines is 2. The van der Waals surface area contributed by atoms with Crippen molar-refractivity contribution in [2.24, 2.45) is 0 Å². The molecule has 0 fully saturated rings. The summed E-state index contributed by atoms with van der Waals surface area (Å²) < 4.78 is 31.0. The third kappa shape index (κ3) is 3.86. The Labute approximate surface area is 165 Å². The highest BCUT2D eigenvalue weighted by Gasteiger charge is 2.35. The van der Waals surface area contributed by atoms with Gasteiger partial charge in [0, 0.05) is 5.02 Å². The number of hydrogen-bond acceptors (Lipinski definition) is 4. The Morgan fingerprint density at radius 1 is 1.19 bits per heavy atom. The van der Waals surface area contributed by atoms with Gasteiger partial charge in [0.25, 0.3) is 5.91 Å². The van der Waals surface area contributed by atoms with Gasteiger partial charge in [0.15, 0.2) is 6.10 Å². The molecule has 0 saturated carbocycles. The van der Waals surface area contributed by atoms with Gasteiger partial charge in [0.05, 0.1) is 34.2 Å². The highest BCUT2D eigenvalue weighted by atomic mass is 35.5. The number of carbonyl (C=O) groups excluding carboxylic acids is 1. The monoisotopic (exact) mass is 434 g/mol. The normalized spacial score (nSPS) is 16.6. The average molecular weight is 436 g/mol. The van der Waals surface area contributed by atoms with Gasteiger partial charge in [-0.05, 0) is 30.3 Å². The molecule has 0 radical (unpaired) electrons. The summed E-state index contributed by atoms with van der Waals surface area (Å²) >= 11 is 18.1. The van der Waals surface area contributed by atoms with E-state index >= 15 is 0 Å². The molecule has 1 amide bonds. The smallest absolute Gasteiger partial charge is 0.267 e. The van der Waals surface area contributed by atoms with E-state index < -0.39 is 22.0 Å². The van der Waals surface area contributed by atoms with Gasteiger partial charge in [0.1, 0.15) is 5.75 Å². The van der Waals surface area contributed by atoms with E-state index in [0.29, 0.717) is 5.02 Å². The molecule has 1 atom stereocenters. The third-order valence-electron chi connectivity index (χ3n) is 3.69. The molecule has 3 rings (SSSR count). The van der Waals surface area contributed by atoms with Crippen molar-refractivity contribution in [1.29, 1.82) is 0 Å². The van der Waals surface area contributed by atoms with Crippen molar-refractivity contribution in [3.8, 4) is 5.75 Å². The fourth-order valence-corrected chi connectivity index (χ4v) is 4.06. The number of benzene rings is 2. The standard InChI is InChI=1S/C16H13Cl3N2O4S/c1-26(23,24)21-8-14(25-13-6-5-9(17)7-12(13)21)16(22)20-15-10(18)3-2-4-11(15)19/h2-7,14H,8H2,1H3,(H,20,22). The van der Waals surface area contributed by atoms with E-state index in [0.717, 1.165) is 10.6 Å². The molecule has 1 aliphatic heterocycles. The van der Waals surface area contributed by atoms with Gasteiger partial charge in [0.2, 0.25) is 10.0 Å². The second kappa shape index (κ2) is 7.15. The number of halogens is 3. The zero-order valence-corrected chi connectivity index (χ0v) is 16.5. The van der Waals surface area contributed by atoms with Crippen LogP contribution in [0.2, 0.25) is 15.1 Å². The fourth-order valence-electron chi connectivity index (χ4n) is 2.50. The van der Waals surface area contributed by atoms with Gasteiger partial charge in [-0.25, -0.2) is 8.42 Å². The lowest BCUT2D eigenvalue weighted by atomic mass is 10.2. The first-order valence-corrected chi connectivity index (χ1v) is 10.3. The van der Waals surface area contributed by atoms with Crippen molar-refractivity contribution in [2.75, 3.05) is 22.4 Å². The minimum atomic E-state index is -3.65. The maximum Gasteiger partial charge on any atom is 0.267 e. The van der Waals surface area contributed by atoms with Gasteiger partial charge in [-0.15, -0.1) is 0 Å². The molecule has 0 aliphatic carbocycles. The van der Waals surface area contributed by atoms with E-state index in [9.17, 15) is 13.2 Å². The zero-order valence-electron chi connectivity index (χ0n) is 13.4. The Morgan fingerprint density at radius 3 is 2.46 bits per heavy atom. The lowest BCUT2D eigenvalue weighted by Gasteiger charge is -2.34. The van der Waals surface area contributed by atoms with Crippen LogP contribution in [0.1, 0.15) is 0 Å². The Hall–Kier alpha value is -1.67. The molecule has 0 saturated heterocycles. The molecule has 2 aromatic carbocycles. The molecule has 0 aromatic heterocycles. The van der Waals surface area contributed by atoms with Crippen molar-refractivity contribution in [1.82, 2.24) is 0 Å². The molecule has 0 bridgehead atoms. The number of fused-ring (bicyclic) bond motifs is 1. The summed E-state index contributed by atoms with van der Waals surface area (Å²) in [7, 11) is -3.65. The van der Waals surface area contributed by atoms with E-state index in [1.165, 1.54) is 12.1 Å². The molecule has 1 heterocycles. The second-order valence-electron chi connectivity index (χ2n) is 5.60. The van der Waals surface area contributed by atoms with Gasteiger partial charge in [-0.2, -0.15) is 0 Å². The molecular weight excluding hydrogens is 423 g/mol. The first kappa shape index (κ1) is 19.1. The molecule has 138 valence electrons. The number of amides is 1. The summed E-state index contributed by atoms with van der Waals surface area (Å²) in [5.74, 6) is -0.342. The number of para-hydroxylation sites is 1. The lowest BCUT2D eigenvalue weighted by Crippen LogP contribution is -2.48. The SMILES string of the molecule is CS(=O)(=O)N1CC(C(=O)Nc2c(Cl)cccc2Cl)Oc2ccc(Cl)cc21. The average Bonchev–Trinajstić information content (AvgIpc) is 2.56. The van der Waals surface area contributed by atoms with E-state index in [1.54, 1.807) is 24.3 Å². The lowest BCUT2D eigenvalue weighted by molar-refractivity contribution is -0.122. The molecule has 0 spiro atoms. The van der Waals surface area contributed by atoms with Crippen molar-refractivity contribution >= 4 is 62.1 Å². The van der Waals surface area contributed by atoms with Crippen LogP contribution in [-0.2, 0) is 14.8 Å². The van der Waals surface area contributed by atoms with Gasteiger partial charge >= 0.3 is 0 Å². The first-order valence-electron chi connectivity index (χ1n) is 7.35. The molecule has 10 heteroatoms. The first-order chi connectivity index (χ1) is 12.2. The predicted molar refractivity (Wildman–Crippen MR) is 103 cm³/mol. The van der Waals surface area contributed by atoms with Crippen molar-refractivity contribution < 1.29 is 17.9 Å². The third-order valence-corrected chi connectivity index (χ3v) is 5.71. The molecule has 26 heavy (non-hydrogen) atoms. The summed E-state index contributed by atoms with van der Waals surface area (Å²) in [6, 6.07) is 9.32. The summed E-state index contributed by atoms with van der Waals surface area (Å²) in [5.41, 5.74) is 0.511. The topological polar surface area (TPSA) is 75.7 Å². The Bertz CT molecular complexity index is 961.